The van der Waals surface area contributed by atoms with Crippen molar-refractivity contribution in [1.82, 2.24) is 0 Å². The Bertz CT molecular complexity index is 730. The molecule has 236 valence electrons. The second-order valence-electron chi connectivity index (χ2n) is 16.3. The van der Waals surface area contributed by atoms with Crippen LogP contribution < -0.4 is 0 Å². The van der Waals surface area contributed by atoms with Gasteiger partial charge in [-0.1, -0.05) is 64.2 Å². The van der Waals surface area contributed by atoms with Crippen LogP contribution in [0.1, 0.15) is 141 Å². The van der Waals surface area contributed by atoms with E-state index in [9.17, 15) is 9.59 Å². The van der Waals surface area contributed by atoms with Crippen LogP contribution in [-0.4, -0.2) is 28.2 Å². The van der Waals surface area contributed by atoms with Gasteiger partial charge in [0.2, 0.25) is 0 Å². The van der Waals surface area contributed by atoms with Crippen molar-refractivity contribution in [2.24, 2.45) is 35.5 Å². The fourth-order valence-corrected chi connectivity index (χ4v) is 18.3. The first-order valence-corrected chi connectivity index (χ1v) is 24.6. The fourth-order valence-electron chi connectivity index (χ4n) is 9.40. The summed E-state index contributed by atoms with van der Waals surface area (Å²) >= 11 is 0. The number of hydrogen-bond donors (Lipinski definition) is 0. The molecule has 4 aliphatic rings. The summed E-state index contributed by atoms with van der Waals surface area (Å²) in [6.45, 7) is 9.86. The predicted molar refractivity (Wildman–Crippen MR) is 178 cm³/mol. The highest BCUT2D eigenvalue weighted by molar-refractivity contribution is 6.84. The maximum absolute atomic E-state index is 13.0. The van der Waals surface area contributed by atoms with E-state index >= 15 is 0 Å². The van der Waals surface area contributed by atoms with Crippen LogP contribution in [0.15, 0.2) is 0 Å². The third kappa shape index (κ3) is 11.0. The van der Waals surface area contributed by atoms with Crippen molar-refractivity contribution in [2.45, 2.75) is 180 Å². The lowest BCUT2D eigenvalue weighted by Gasteiger charge is -2.36. The van der Waals surface area contributed by atoms with Crippen molar-refractivity contribution in [3.8, 4) is 0 Å². The van der Waals surface area contributed by atoms with Crippen molar-refractivity contribution in [1.29, 1.82) is 0 Å². The summed E-state index contributed by atoms with van der Waals surface area (Å²) < 4.78 is 7.02. The van der Waals surface area contributed by atoms with E-state index in [0.717, 1.165) is 37.5 Å². The van der Waals surface area contributed by atoms with Crippen LogP contribution in [0.4, 0.5) is 0 Å². The second-order valence-corrected chi connectivity index (χ2v) is 25.2. The second kappa shape index (κ2) is 16.2. The molecule has 41 heavy (non-hydrogen) atoms. The van der Waals surface area contributed by atoms with Crippen LogP contribution >= 0.6 is 0 Å². The molecule has 0 amide bonds. The van der Waals surface area contributed by atoms with E-state index in [2.05, 4.69) is 26.2 Å². The lowest BCUT2D eigenvalue weighted by molar-refractivity contribution is -0.129. The zero-order valence-corrected chi connectivity index (χ0v) is 29.7. The summed E-state index contributed by atoms with van der Waals surface area (Å²) in [5.74, 6) is 4.52. The first kappa shape index (κ1) is 33.6. The Morgan fingerprint density at radius 3 is 1.15 bits per heavy atom. The maximum Gasteiger partial charge on any atom is 0.173 e. The summed E-state index contributed by atoms with van der Waals surface area (Å²) in [5.41, 5.74) is 0. The Labute approximate surface area is 256 Å². The molecule has 0 atom stereocenters. The molecule has 0 N–H and O–H groups in total. The highest BCUT2D eigenvalue weighted by Gasteiger charge is 2.35. The Kier molecular flexibility index (Phi) is 13.3. The molecule has 4 fully saturated rings. The van der Waals surface area contributed by atoms with Crippen LogP contribution in [0.2, 0.25) is 38.3 Å². The molecule has 0 spiro atoms. The van der Waals surface area contributed by atoms with E-state index in [1.165, 1.54) is 128 Å². The van der Waals surface area contributed by atoms with Crippen molar-refractivity contribution in [2.75, 3.05) is 0 Å². The van der Waals surface area contributed by atoms with Crippen LogP contribution in [0.25, 0.3) is 0 Å². The highest BCUT2D eigenvalue weighted by Crippen LogP contribution is 2.39. The van der Waals surface area contributed by atoms with E-state index in [0.29, 0.717) is 35.2 Å². The Balaban J connectivity index is 1.06. The topological polar surface area (TPSA) is 43.4 Å². The molecular formula is C36H66O3Si2. The van der Waals surface area contributed by atoms with Crippen molar-refractivity contribution in [3.05, 3.63) is 0 Å². The number of carbonyl (C=O) groups is 2. The molecule has 0 saturated heterocycles. The zero-order valence-electron chi connectivity index (χ0n) is 27.7. The minimum Gasteiger partial charge on any atom is -0.455 e. The first-order valence-electron chi connectivity index (χ1n) is 18.4. The van der Waals surface area contributed by atoms with Crippen LogP contribution in [0.5, 0.6) is 0 Å². The van der Waals surface area contributed by atoms with Crippen LogP contribution in [0.3, 0.4) is 0 Å². The Morgan fingerprint density at radius 2 is 0.805 bits per heavy atom. The van der Waals surface area contributed by atoms with E-state index in [1.54, 1.807) is 0 Å². The Morgan fingerprint density at radius 1 is 0.488 bits per heavy atom. The predicted octanol–water partition coefficient (Wildman–Crippen LogP) is 10.9. The van der Waals surface area contributed by atoms with Crippen LogP contribution in [-0.2, 0) is 13.7 Å². The van der Waals surface area contributed by atoms with Gasteiger partial charge < -0.3 is 4.12 Å². The summed E-state index contributed by atoms with van der Waals surface area (Å²) in [7, 11) is -3.27. The van der Waals surface area contributed by atoms with Gasteiger partial charge in [0.15, 0.2) is 16.6 Å². The molecular weight excluding hydrogens is 537 g/mol. The molecule has 0 aromatic rings. The van der Waals surface area contributed by atoms with Gasteiger partial charge in [0.25, 0.3) is 0 Å². The van der Waals surface area contributed by atoms with Gasteiger partial charge in [-0.25, -0.2) is 0 Å². The molecule has 4 rings (SSSR count). The molecule has 4 saturated carbocycles. The van der Waals surface area contributed by atoms with Gasteiger partial charge in [-0.15, -0.1) is 0 Å². The summed E-state index contributed by atoms with van der Waals surface area (Å²) in [6.07, 6.45) is 27.5. The van der Waals surface area contributed by atoms with Gasteiger partial charge in [0, 0.05) is 23.7 Å². The normalized spacial score (nSPS) is 29.4. The molecule has 3 nitrogen and oxygen atoms in total. The number of ketones is 2. The van der Waals surface area contributed by atoms with E-state index in [-0.39, 0.29) is 0 Å². The standard InChI is InChI=1S/C36H66O3Si2/c1-40(2,27-11-13-29-19-23-33(24-20-29)35(37)31-15-7-5-8-16-31)39-41(3,4)28-12-14-30-21-25-34(26-22-30)36(38)32-17-9-6-10-18-32/h29-34H,5-28H2,1-4H3. The average molecular weight is 603 g/mol. The Hall–Kier alpha value is -0.266. The van der Waals surface area contributed by atoms with Crippen LogP contribution in [0, 0.1) is 35.5 Å². The lowest BCUT2D eigenvalue weighted by Crippen LogP contribution is -2.44. The average Bonchev–Trinajstić information content (AvgIpc) is 2.97. The summed E-state index contributed by atoms with van der Waals surface area (Å²) in [6, 6.07) is 2.59. The van der Waals surface area contributed by atoms with E-state index in [4.69, 9.17) is 4.12 Å². The minimum atomic E-state index is -1.64. The number of Topliss-reactive ketones (excluding diaryl/α,β-unsaturated/α-hetero) is 2. The highest BCUT2D eigenvalue weighted by atomic mass is 28.4. The monoisotopic (exact) mass is 602 g/mol. The van der Waals surface area contributed by atoms with Crippen molar-refractivity contribution < 1.29 is 13.7 Å². The fraction of sp³-hybridized carbons (Fsp3) is 0.944. The maximum atomic E-state index is 13.0. The summed E-state index contributed by atoms with van der Waals surface area (Å²) in [4.78, 5) is 26.0. The first-order chi connectivity index (χ1) is 19.6. The molecule has 0 aliphatic heterocycles. The van der Waals surface area contributed by atoms with Gasteiger partial charge in [-0.05, 0) is 127 Å². The number of hydrogen-bond acceptors (Lipinski definition) is 3. The lowest BCUT2D eigenvalue weighted by atomic mass is 9.73. The smallest absolute Gasteiger partial charge is 0.173 e. The minimum absolute atomic E-state index is 0.384. The van der Waals surface area contributed by atoms with E-state index < -0.39 is 16.6 Å². The quantitative estimate of drug-likeness (QED) is 0.186. The third-order valence-electron chi connectivity index (χ3n) is 11.8. The molecule has 5 heteroatoms. The number of carbonyl (C=O) groups excluding carboxylic acids is 2. The SMILES string of the molecule is C[Si](C)(CCCC1CCC(C(=O)C2CCCCC2)CC1)O[Si](C)(C)CCCC1CCC(C(=O)C2CCCCC2)CC1. The largest absolute Gasteiger partial charge is 0.455 e. The van der Waals surface area contributed by atoms with Gasteiger partial charge in [-0.2, -0.15) is 0 Å². The van der Waals surface area contributed by atoms with Gasteiger partial charge in [-0.3, -0.25) is 9.59 Å². The van der Waals surface area contributed by atoms with E-state index in [1.807, 2.05) is 0 Å². The molecule has 0 aromatic heterocycles. The molecule has 4 aliphatic carbocycles. The van der Waals surface area contributed by atoms with Crippen molar-refractivity contribution >= 4 is 28.2 Å². The van der Waals surface area contributed by atoms with Gasteiger partial charge in [0.05, 0.1) is 0 Å². The zero-order chi connectivity index (χ0) is 29.3. The third-order valence-corrected chi connectivity index (χ3v) is 19.4. The number of rotatable bonds is 14. The molecule has 0 heterocycles. The van der Waals surface area contributed by atoms with Crippen molar-refractivity contribution in [3.63, 3.8) is 0 Å². The molecule has 0 unspecified atom stereocenters. The molecule has 0 bridgehead atoms. The van der Waals surface area contributed by atoms with Gasteiger partial charge >= 0.3 is 0 Å². The summed E-state index contributed by atoms with van der Waals surface area (Å²) in [5, 5.41) is 0. The van der Waals surface area contributed by atoms with Gasteiger partial charge in [0.1, 0.15) is 11.6 Å². The molecule has 0 aromatic carbocycles. The molecule has 0 radical (unpaired) electrons.